The molecule has 0 atom stereocenters. The molecule has 0 saturated heterocycles. The van der Waals surface area contributed by atoms with E-state index < -0.39 is 5.97 Å². The molecule has 1 aromatic heterocycles. The lowest BCUT2D eigenvalue weighted by Gasteiger charge is -2.07. The van der Waals surface area contributed by atoms with Gasteiger partial charge in [0.1, 0.15) is 0 Å². The number of aromatic nitrogens is 1. The molecule has 0 spiro atoms. The highest BCUT2D eigenvalue weighted by atomic mass is 16.4. The second-order valence-corrected chi connectivity index (χ2v) is 4.08. The Morgan fingerprint density at radius 1 is 1.18 bits per heavy atom. The number of hydrogen-bond donors (Lipinski definition) is 1. The van der Waals surface area contributed by atoms with Gasteiger partial charge < -0.3 is 5.11 Å². The van der Waals surface area contributed by atoms with Crippen LogP contribution in [0.4, 0.5) is 0 Å². The average Bonchev–Trinajstić information content (AvgIpc) is 2.28. The molecule has 0 bridgehead atoms. The van der Waals surface area contributed by atoms with E-state index in [1.807, 2.05) is 38.1 Å². The summed E-state index contributed by atoms with van der Waals surface area (Å²) in [6.07, 6.45) is 1.68. The molecular formula is C14H13NO2. The van der Waals surface area contributed by atoms with Crippen LogP contribution in [0.25, 0.3) is 11.3 Å². The first kappa shape index (κ1) is 11.3. The molecule has 86 valence electrons. The van der Waals surface area contributed by atoms with Crippen LogP contribution in [-0.2, 0) is 0 Å². The van der Waals surface area contributed by atoms with E-state index in [0.29, 0.717) is 5.69 Å². The first-order chi connectivity index (χ1) is 8.08. The van der Waals surface area contributed by atoms with Crippen LogP contribution in [0.2, 0.25) is 0 Å². The largest absolute Gasteiger partial charge is 0.478 e. The zero-order valence-corrected chi connectivity index (χ0v) is 9.77. The predicted molar refractivity (Wildman–Crippen MR) is 66.1 cm³/mol. The predicted octanol–water partition coefficient (Wildman–Crippen LogP) is 3.06. The summed E-state index contributed by atoms with van der Waals surface area (Å²) in [6.45, 7) is 3.80. The summed E-state index contributed by atoms with van der Waals surface area (Å²) in [5, 5.41) is 9.18. The average molecular weight is 227 g/mol. The normalized spacial score (nSPS) is 10.2. The third-order valence-corrected chi connectivity index (χ3v) is 2.55. The van der Waals surface area contributed by atoms with Gasteiger partial charge in [0.15, 0.2) is 0 Å². The molecule has 2 rings (SSSR count). The second kappa shape index (κ2) is 4.37. The van der Waals surface area contributed by atoms with Crippen molar-refractivity contribution in [2.45, 2.75) is 13.8 Å². The van der Waals surface area contributed by atoms with Crippen molar-refractivity contribution in [2.75, 3.05) is 0 Å². The summed E-state index contributed by atoms with van der Waals surface area (Å²) in [7, 11) is 0. The Bertz CT molecular complexity index is 576. The van der Waals surface area contributed by atoms with Gasteiger partial charge in [0.2, 0.25) is 0 Å². The smallest absolute Gasteiger partial charge is 0.337 e. The van der Waals surface area contributed by atoms with E-state index in [0.717, 1.165) is 16.7 Å². The van der Waals surface area contributed by atoms with Crippen LogP contribution in [0.1, 0.15) is 21.5 Å². The van der Waals surface area contributed by atoms with Crippen molar-refractivity contribution in [2.24, 2.45) is 0 Å². The van der Waals surface area contributed by atoms with Gasteiger partial charge >= 0.3 is 5.97 Å². The van der Waals surface area contributed by atoms with E-state index in [1.165, 1.54) is 0 Å². The highest BCUT2D eigenvalue weighted by molar-refractivity contribution is 5.94. The molecule has 3 heteroatoms. The van der Waals surface area contributed by atoms with Crippen molar-refractivity contribution in [1.29, 1.82) is 0 Å². The summed E-state index contributed by atoms with van der Waals surface area (Å²) in [5.74, 6) is -0.947. The standard InChI is InChI=1S/C14H13NO2/c1-9-4-3-5-11(6-9)13-12(14(16)17)7-10(2)8-15-13/h3-8H,1-2H3,(H,16,17). The lowest BCUT2D eigenvalue weighted by atomic mass is 10.0. The number of aromatic carboxylic acids is 1. The highest BCUT2D eigenvalue weighted by Crippen LogP contribution is 2.23. The Morgan fingerprint density at radius 2 is 1.94 bits per heavy atom. The summed E-state index contributed by atoms with van der Waals surface area (Å²) in [6, 6.07) is 9.32. The molecule has 0 fully saturated rings. The molecule has 0 amide bonds. The van der Waals surface area contributed by atoms with Gasteiger partial charge in [-0.2, -0.15) is 0 Å². The fourth-order valence-electron chi connectivity index (χ4n) is 1.75. The minimum atomic E-state index is -0.947. The molecular weight excluding hydrogens is 214 g/mol. The maximum atomic E-state index is 11.2. The summed E-state index contributed by atoms with van der Waals surface area (Å²) in [5.41, 5.74) is 3.53. The second-order valence-electron chi connectivity index (χ2n) is 4.08. The number of carbonyl (C=O) groups is 1. The summed E-state index contributed by atoms with van der Waals surface area (Å²) in [4.78, 5) is 15.4. The van der Waals surface area contributed by atoms with Gasteiger partial charge in [0.25, 0.3) is 0 Å². The number of carboxylic acids is 1. The third kappa shape index (κ3) is 2.33. The van der Waals surface area contributed by atoms with E-state index >= 15 is 0 Å². The van der Waals surface area contributed by atoms with Gasteiger partial charge in [-0.05, 0) is 31.5 Å². The molecule has 1 heterocycles. The van der Waals surface area contributed by atoms with Crippen LogP contribution >= 0.6 is 0 Å². The van der Waals surface area contributed by atoms with Gasteiger partial charge in [-0.1, -0.05) is 23.8 Å². The van der Waals surface area contributed by atoms with Gasteiger partial charge in [-0.25, -0.2) is 4.79 Å². The van der Waals surface area contributed by atoms with Crippen LogP contribution in [-0.4, -0.2) is 16.1 Å². The van der Waals surface area contributed by atoms with Crippen molar-refractivity contribution in [1.82, 2.24) is 4.98 Å². The minimum absolute atomic E-state index is 0.246. The summed E-state index contributed by atoms with van der Waals surface area (Å²) < 4.78 is 0. The lowest BCUT2D eigenvalue weighted by Crippen LogP contribution is -2.02. The number of pyridine rings is 1. The van der Waals surface area contributed by atoms with Crippen molar-refractivity contribution < 1.29 is 9.90 Å². The molecule has 1 N–H and O–H groups in total. The monoisotopic (exact) mass is 227 g/mol. The Labute approximate surface area is 99.8 Å². The Balaban J connectivity index is 2.63. The Kier molecular flexibility index (Phi) is 2.91. The van der Waals surface area contributed by atoms with E-state index in [2.05, 4.69) is 4.98 Å². The highest BCUT2D eigenvalue weighted by Gasteiger charge is 2.13. The molecule has 0 saturated carbocycles. The number of rotatable bonds is 2. The quantitative estimate of drug-likeness (QED) is 0.857. The Hall–Kier alpha value is -2.16. The molecule has 2 aromatic rings. The maximum Gasteiger partial charge on any atom is 0.337 e. The zero-order valence-electron chi connectivity index (χ0n) is 9.77. The van der Waals surface area contributed by atoms with Crippen molar-refractivity contribution >= 4 is 5.97 Å². The van der Waals surface area contributed by atoms with E-state index in [-0.39, 0.29) is 5.56 Å². The number of carboxylic acid groups (broad SMARTS) is 1. The van der Waals surface area contributed by atoms with Gasteiger partial charge in [0, 0.05) is 11.8 Å². The number of benzene rings is 1. The van der Waals surface area contributed by atoms with E-state index in [1.54, 1.807) is 12.3 Å². The number of hydrogen-bond acceptors (Lipinski definition) is 2. The first-order valence-electron chi connectivity index (χ1n) is 5.35. The topological polar surface area (TPSA) is 50.2 Å². The molecule has 0 aliphatic carbocycles. The molecule has 0 radical (unpaired) electrons. The van der Waals surface area contributed by atoms with Crippen LogP contribution in [0.5, 0.6) is 0 Å². The fraction of sp³-hybridized carbons (Fsp3) is 0.143. The summed E-state index contributed by atoms with van der Waals surface area (Å²) >= 11 is 0. The number of aryl methyl sites for hydroxylation is 2. The van der Waals surface area contributed by atoms with Crippen molar-refractivity contribution in [3.8, 4) is 11.3 Å². The SMILES string of the molecule is Cc1cccc(-c2ncc(C)cc2C(=O)O)c1. The molecule has 0 unspecified atom stereocenters. The zero-order chi connectivity index (χ0) is 12.4. The third-order valence-electron chi connectivity index (χ3n) is 2.55. The van der Waals surface area contributed by atoms with Crippen LogP contribution in [0.15, 0.2) is 36.5 Å². The number of nitrogens with zero attached hydrogens (tertiary/aromatic N) is 1. The van der Waals surface area contributed by atoms with E-state index in [4.69, 9.17) is 0 Å². The van der Waals surface area contributed by atoms with E-state index in [9.17, 15) is 9.90 Å². The van der Waals surface area contributed by atoms with Gasteiger partial charge in [-0.15, -0.1) is 0 Å². The molecule has 3 nitrogen and oxygen atoms in total. The van der Waals surface area contributed by atoms with Crippen LogP contribution < -0.4 is 0 Å². The van der Waals surface area contributed by atoms with Gasteiger partial charge in [-0.3, -0.25) is 4.98 Å². The van der Waals surface area contributed by atoms with Crippen LogP contribution in [0, 0.1) is 13.8 Å². The molecule has 0 aliphatic rings. The molecule has 17 heavy (non-hydrogen) atoms. The Morgan fingerprint density at radius 3 is 2.59 bits per heavy atom. The van der Waals surface area contributed by atoms with Gasteiger partial charge in [0.05, 0.1) is 11.3 Å². The molecule has 0 aliphatic heterocycles. The lowest BCUT2D eigenvalue weighted by molar-refractivity contribution is 0.0697. The fourth-order valence-corrected chi connectivity index (χ4v) is 1.75. The maximum absolute atomic E-state index is 11.2. The first-order valence-corrected chi connectivity index (χ1v) is 5.35. The van der Waals surface area contributed by atoms with Crippen molar-refractivity contribution in [3.63, 3.8) is 0 Å². The van der Waals surface area contributed by atoms with Crippen LogP contribution in [0.3, 0.4) is 0 Å². The minimum Gasteiger partial charge on any atom is -0.478 e. The van der Waals surface area contributed by atoms with Crippen molar-refractivity contribution in [3.05, 3.63) is 53.2 Å². The molecule has 1 aromatic carbocycles.